The Morgan fingerprint density at radius 3 is 3.00 bits per heavy atom. The number of ketones is 1. The highest BCUT2D eigenvalue weighted by Gasteiger charge is 2.06. The highest BCUT2D eigenvalue weighted by molar-refractivity contribution is 5.98. The normalized spacial score (nSPS) is 10.6. The van der Waals surface area contributed by atoms with Gasteiger partial charge in [0.1, 0.15) is 0 Å². The smallest absolute Gasteiger partial charge is 0.166 e. The van der Waals surface area contributed by atoms with Gasteiger partial charge in [-0.05, 0) is 19.1 Å². The third-order valence-electron chi connectivity index (χ3n) is 2.59. The summed E-state index contributed by atoms with van der Waals surface area (Å²) in [5.41, 5.74) is 1.57. The number of pyridine rings is 1. The standard InChI is InChI=1S/C14H15NO2/c1-2-17-8-7-14(16)12-9-11-5-3-4-6-13(11)15-10-12/h3-6,9-10H,2,7-8H2,1H3. The van der Waals surface area contributed by atoms with Crippen molar-refractivity contribution in [3.05, 3.63) is 42.1 Å². The second-order valence-electron chi connectivity index (χ2n) is 3.79. The molecule has 1 aromatic heterocycles. The number of nitrogens with zero attached hydrogens (tertiary/aromatic N) is 1. The third kappa shape index (κ3) is 2.88. The molecular weight excluding hydrogens is 214 g/mol. The summed E-state index contributed by atoms with van der Waals surface area (Å²) in [5, 5.41) is 0.995. The van der Waals surface area contributed by atoms with Crippen molar-refractivity contribution in [3.63, 3.8) is 0 Å². The molecule has 0 atom stereocenters. The van der Waals surface area contributed by atoms with E-state index in [1.165, 1.54) is 0 Å². The molecule has 0 amide bonds. The summed E-state index contributed by atoms with van der Waals surface area (Å²) in [4.78, 5) is 16.1. The highest BCUT2D eigenvalue weighted by atomic mass is 16.5. The average Bonchev–Trinajstić information content (AvgIpc) is 2.38. The summed E-state index contributed by atoms with van der Waals surface area (Å²) in [6.07, 6.45) is 2.05. The lowest BCUT2D eigenvalue weighted by molar-refractivity contribution is 0.0895. The van der Waals surface area contributed by atoms with E-state index in [4.69, 9.17) is 4.74 Å². The van der Waals surface area contributed by atoms with Gasteiger partial charge in [0.15, 0.2) is 5.78 Å². The average molecular weight is 229 g/mol. The molecule has 3 heteroatoms. The highest BCUT2D eigenvalue weighted by Crippen LogP contribution is 2.13. The summed E-state index contributed by atoms with van der Waals surface area (Å²) >= 11 is 0. The van der Waals surface area contributed by atoms with Crippen molar-refractivity contribution in [2.75, 3.05) is 13.2 Å². The predicted octanol–water partition coefficient (Wildman–Crippen LogP) is 2.84. The number of fused-ring (bicyclic) bond motifs is 1. The first kappa shape index (κ1) is 11.7. The first-order chi connectivity index (χ1) is 8.31. The molecule has 0 aliphatic rings. The van der Waals surface area contributed by atoms with Gasteiger partial charge in [-0.15, -0.1) is 0 Å². The van der Waals surface area contributed by atoms with Crippen LogP contribution in [0.15, 0.2) is 36.5 Å². The number of benzene rings is 1. The maximum absolute atomic E-state index is 11.8. The van der Waals surface area contributed by atoms with Crippen molar-refractivity contribution in [2.45, 2.75) is 13.3 Å². The number of hydrogen-bond acceptors (Lipinski definition) is 3. The van der Waals surface area contributed by atoms with Crippen molar-refractivity contribution in [2.24, 2.45) is 0 Å². The molecule has 0 aliphatic carbocycles. The molecule has 0 fully saturated rings. The molecule has 2 rings (SSSR count). The van der Waals surface area contributed by atoms with Gasteiger partial charge in [0.25, 0.3) is 0 Å². The van der Waals surface area contributed by atoms with E-state index in [9.17, 15) is 4.79 Å². The molecule has 1 heterocycles. The molecule has 0 radical (unpaired) electrons. The van der Waals surface area contributed by atoms with E-state index >= 15 is 0 Å². The maximum Gasteiger partial charge on any atom is 0.166 e. The molecule has 1 aromatic carbocycles. The van der Waals surface area contributed by atoms with E-state index < -0.39 is 0 Å². The van der Waals surface area contributed by atoms with Crippen LogP contribution in [0.1, 0.15) is 23.7 Å². The van der Waals surface area contributed by atoms with Crippen LogP contribution >= 0.6 is 0 Å². The second-order valence-corrected chi connectivity index (χ2v) is 3.79. The molecule has 88 valence electrons. The Balaban J connectivity index is 2.15. The maximum atomic E-state index is 11.8. The van der Waals surface area contributed by atoms with Crippen LogP contribution in [-0.2, 0) is 4.74 Å². The number of aromatic nitrogens is 1. The van der Waals surface area contributed by atoms with E-state index in [1.54, 1.807) is 6.20 Å². The fourth-order valence-electron chi connectivity index (χ4n) is 1.68. The lowest BCUT2D eigenvalue weighted by atomic mass is 10.1. The van der Waals surface area contributed by atoms with Crippen LogP contribution in [0.2, 0.25) is 0 Å². The van der Waals surface area contributed by atoms with Crippen molar-refractivity contribution in [1.82, 2.24) is 4.98 Å². The quantitative estimate of drug-likeness (QED) is 0.584. The lowest BCUT2D eigenvalue weighted by Gasteiger charge is -2.03. The van der Waals surface area contributed by atoms with Gasteiger partial charge in [-0.2, -0.15) is 0 Å². The summed E-state index contributed by atoms with van der Waals surface area (Å²) in [7, 11) is 0. The first-order valence-electron chi connectivity index (χ1n) is 5.77. The number of para-hydroxylation sites is 1. The van der Waals surface area contributed by atoms with Gasteiger partial charge in [-0.25, -0.2) is 0 Å². The van der Waals surface area contributed by atoms with E-state index in [-0.39, 0.29) is 5.78 Å². The zero-order valence-electron chi connectivity index (χ0n) is 9.85. The Morgan fingerprint density at radius 2 is 2.18 bits per heavy atom. The van der Waals surface area contributed by atoms with Gasteiger partial charge in [0.05, 0.1) is 12.1 Å². The first-order valence-corrected chi connectivity index (χ1v) is 5.77. The molecule has 3 nitrogen and oxygen atoms in total. The Hall–Kier alpha value is -1.74. The van der Waals surface area contributed by atoms with Crippen molar-refractivity contribution >= 4 is 16.7 Å². The summed E-state index contributed by atoms with van der Waals surface area (Å²) < 4.78 is 5.17. The van der Waals surface area contributed by atoms with Crippen molar-refractivity contribution in [3.8, 4) is 0 Å². The van der Waals surface area contributed by atoms with Crippen LogP contribution in [0.3, 0.4) is 0 Å². The predicted molar refractivity (Wildman–Crippen MR) is 67.2 cm³/mol. The van der Waals surface area contributed by atoms with Gasteiger partial charge in [0.2, 0.25) is 0 Å². The van der Waals surface area contributed by atoms with Crippen molar-refractivity contribution in [1.29, 1.82) is 0 Å². The second kappa shape index (κ2) is 5.55. The number of ether oxygens (including phenoxy) is 1. The Labute approximate surface area is 100 Å². The molecule has 0 saturated heterocycles. The largest absolute Gasteiger partial charge is 0.381 e. The molecule has 0 spiro atoms. The van der Waals surface area contributed by atoms with Crippen LogP contribution in [0.25, 0.3) is 10.9 Å². The Bertz CT molecular complexity index is 522. The van der Waals surface area contributed by atoms with E-state index in [1.807, 2.05) is 37.3 Å². The molecule has 0 saturated carbocycles. The Morgan fingerprint density at radius 1 is 1.35 bits per heavy atom. The van der Waals surface area contributed by atoms with Crippen LogP contribution in [-0.4, -0.2) is 24.0 Å². The van der Waals surface area contributed by atoms with Crippen LogP contribution in [0, 0.1) is 0 Å². The SMILES string of the molecule is CCOCCC(=O)c1cnc2ccccc2c1. The van der Waals surface area contributed by atoms with Crippen molar-refractivity contribution < 1.29 is 9.53 Å². The van der Waals surface area contributed by atoms with Gasteiger partial charge < -0.3 is 4.74 Å². The Kier molecular flexibility index (Phi) is 3.83. The van der Waals surface area contributed by atoms with E-state index in [0.29, 0.717) is 25.2 Å². The van der Waals surface area contributed by atoms with Gasteiger partial charge in [-0.3, -0.25) is 9.78 Å². The lowest BCUT2D eigenvalue weighted by Crippen LogP contribution is -2.05. The number of Topliss-reactive ketones (excluding diaryl/α,β-unsaturated/α-hetero) is 1. The fourth-order valence-corrected chi connectivity index (χ4v) is 1.68. The van der Waals surface area contributed by atoms with Gasteiger partial charge in [0, 0.05) is 30.2 Å². The molecule has 0 unspecified atom stereocenters. The van der Waals surface area contributed by atoms with E-state index in [0.717, 1.165) is 10.9 Å². The van der Waals surface area contributed by atoms with Crippen LogP contribution in [0.5, 0.6) is 0 Å². The minimum atomic E-state index is 0.0803. The molecule has 17 heavy (non-hydrogen) atoms. The molecule has 0 N–H and O–H groups in total. The monoisotopic (exact) mass is 229 g/mol. The summed E-state index contributed by atoms with van der Waals surface area (Å²) in [5.74, 6) is 0.0803. The number of rotatable bonds is 5. The zero-order chi connectivity index (χ0) is 12.1. The number of carbonyl (C=O) groups is 1. The molecule has 0 aliphatic heterocycles. The molecular formula is C14H15NO2. The molecule has 0 bridgehead atoms. The van der Waals surface area contributed by atoms with Gasteiger partial charge >= 0.3 is 0 Å². The number of hydrogen-bond donors (Lipinski definition) is 0. The summed E-state index contributed by atoms with van der Waals surface area (Å²) in [6.45, 7) is 3.04. The van der Waals surface area contributed by atoms with Gasteiger partial charge in [-0.1, -0.05) is 18.2 Å². The minimum absolute atomic E-state index is 0.0803. The molecule has 2 aromatic rings. The summed E-state index contributed by atoms with van der Waals surface area (Å²) in [6, 6.07) is 9.66. The minimum Gasteiger partial charge on any atom is -0.381 e. The zero-order valence-corrected chi connectivity index (χ0v) is 9.85. The van der Waals surface area contributed by atoms with Crippen LogP contribution < -0.4 is 0 Å². The van der Waals surface area contributed by atoms with Crippen LogP contribution in [0.4, 0.5) is 0 Å². The topological polar surface area (TPSA) is 39.2 Å². The van der Waals surface area contributed by atoms with E-state index in [2.05, 4.69) is 4.98 Å². The fraction of sp³-hybridized carbons (Fsp3) is 0.286. The third-order valence-corrected chi connectivity index (χ3v) is 2.59. The number of carbonyl (C=O) groups excluding carboxylic acids is 1.